The smallest absolute Gasteiger partial charge is 0.303 e. The summed E-state index contributed by atoms with van der Waals surface area (Å²) in [6.07, 6.45) is 11.6. The summed E-state index contributed by atoms with van der Waals surface area (Å²) in [5.74, 6) is 2.61. The molecule has 2 aliphatic rings. The van der Waals surface area contributed by atoms with Crippen molar-refractivity contribution in [2.75, 3.05) is 32.5 Å². The highest BCUT2D eigenvalue weighted by Gasteiger charge is 2.29. The summed E-state index contributed by atoms with van der Waals surface area (Å²) in [6.45, 7) is 3.40. The van der Waals surface area contributed by atoms with E-state index in [-0.39, 0.29) is 0 Å². The number of hydrogen-bond donors (Lipinski definition) is 1. The number of fused-ring (bicyclic) bond motifs is 1. The van der Waals surface area contributed by atoms with E-state index in [1.165, 1.54) is 55.4 Å². The fourth-order valence-electron chi connectivity index (χ4n) is 5.23. The average molecular weight is 471 g/mol. The molecule has 1 aliphatic carbocycles. The van der Waals surface area contributed by atoms with E-state index in [1.54, 1.807) is 7.11 Å². The molecular weight excluding hydrogens is 432 g/mol. The molecule has 1 aromatic carbocycles. The SMILES string of the molecule is COc1ccc2nccc(CCC[C@@H]3CCN(CCCSC4CC4)C[C@@H]3CCC(=O)O)c2c1. The number of thioether (sulfide) groups is 1. The van der Waals surface area contributed by atoms with Gasteiger partial charge in [0.25, 0.3) is 0 Å². The molecule has 1 saturated heterocycles. The fourth-order valence-corrected chi connectivity index (χ4v) is 6.33. The number of rotatable bonds is 13. The van der Waals surface area contributed by atoms with Crippen LogP contribution in [-0.4, -0.2) is 58.7 Å². The van der Waals surface area contributed by atoms with Crippen molar-refractivity contribution in [3.05, 3.63) is 36.0 Å². The molecule has 2 atom stereocenters. The van der Waals surface area contributed by atoms with Crippen LogP contribution >= 0.6 is 11.8 Å². The third kappa shape index (κ3) is 7.35. The van der Waals surface area contributed by atoms with E-state index in [4.69, 9.17) is 4.74 Å². The molecule has 0 unspecified atom stereocenters. The molecule has 1 aliphatic heterocycles. The summed E-state index contributed by atoms with van der Waals surface area (Å²) in [4.78, 5) is 18.4. The number of hydrogen-bond acceptors (Lipinski definition) is 5. The molecule has 0 radical (unpaired) electrons. The number of benzene rings is 1. The zero-order valence-electron chi connectivity index (χ0n) is 19.9. The third-order valence-corrected chi connectivity index (χ3v) is 8.73. The van der Waals surface area contributed by atoms with Crippen molar-refractivity contribution in [1.82, 2.24) is 9.88 Å². The van der Waals surface area contributed by atoms with Crippen LogP contribution in [0.1, 0.15) is 56.9 Å². The van der Waals surface area contributed by atoms with Crippen LogP contribution in [-0.2, 0) is 11.2 Å². The Balaban J connectivity index is 1.30. The molecule has 33 heavy (non-hydrogen) atoms. The van der Waals surface area contributed by atoms with Crippen molar-refractivity contribution in [2.24, 2.45) is 11.8 Å². The highest BCUT2D eigenvalue weighted by atomic mass is 32.2. The van der Waals surface area contributed by atoms with Crippen LogP contribution in [0, 0.1) is 11.8 Å². The van der Waals surface area contributed by atoms with E-state index in [2.05, 4.69) is 33.8 Å². The minimum atomic E-state index is -0.663. The number of carbonyl (C=O) groups is 1. The fraction of sp³-hybridized carbons (Fsp3) is 0.630. The van der Waals surface area contributed by atoms with Crippen molar-refractivity contribution in [3.63, 3.8) is 0 Å². The lowest BCUT2D eigenvalue weighted by Crippen LogP contribution is -2.41. The number of aryl methyl sites for hydroxylation is 1. The highest BCUT2D eigenvalue weighted by Crippen LogP contribution is 2.35. The summed E-state index contributed by atoms with van der Waals surface area (Å²) < 4.78 is 5.42. The Morgan fingerprint density at radius 2 is 2.06 bits per heavy atom. The van der Waals surface area contributed by atoms with Gasteiger partial charge in [0.2, 0.25) is 0 Å². The van der Waals surface area contributed by atoms with Gasteiger partial charge in [-0.25, -0.2) is 0 Å². The first-order valence-corrected chi connectivity index (χ1v) is 13.6. The largest absolute Gasteiger partial charge is 0.497 e. The third-order valence-electron chi connectivity index (χ3n) is 7.26. The number of carboxylic acid groups (broad SMARTS) is 1. The maximum atomic E-state index is 11.3. The first kappa shape index (κ1) is 24.3. The van der Waals surface area contributed by atoms with Crippen LogP contribution in [0.2, 0.25) is 0 Å². The van der Waals surface area contributed by atoms with E-state index in [0.29, 0.717) is 18.3 Å². The number of ether oxygens (including phenoxy) is 1. The standard InChI is InChI=1S/C27H38N2O3S/c1-32-23-7-10-26-25(18-23)21(12-14-28-26)5-2-4-20-13-16-29(15-3-17-33-24-8-9-24)19-22(20)6-11-27(30)31/h7,10,12,14,18,20,22,24H,2-6,8-9,11,13,15-17,19H2,1H3,(H,30,31)/t20-,22+/m1/s1. The number of carboxylic acids is 1. The molecule has 4 rings (SSSR count). The number of likely N-dealkylation sites (tertiary alicyclic amines) is 1. The first-order valence-electron chi connectivity index (χ1n) is 12.6. The molecule has 1 N–H and O–H groups in total. The molecule has 6 heteroatoms. The average Bonchev–Trinajstić information content (AvgIpc) is 3.65. The van der Waals surface area contributed by atoms with Crippen molar-refractivity contribution < 1.29 is 14.6 Å². The van der Waals surface area contributed by atoms with Gasteiger partial charge in [-0.1, -0.05) is 0 Å². The first-order chi connectivity index (χ1) is 16.1. The van der Waals surface area contributed by atoms with Crippen LogP contribution in [0.15, 0.2) is 30.5 Å². The minimum Gasteiger partial charge on any atom is -0.497 e. The van der Waals surface area contributed by atoms with E-state index in [1.807, 2.05) is 18.3 Å². The zero-order chi connectivity index (χ0) is 23.0. The monoisotopic (exact) mass is 470 g/mol. The van der Waals surface area contributed by atoms with E-state index < -0.39 is 5.97 Å². The second-order valence-electron chi connectivity index (χ2n) is 9.71. The Labute approximate surface area is 202 Å². The number of aromatic nitrogens is 1. The molecule has 2 fully saturated rings. The minimum absolute atomic E-state index is 0.293. The Bertz CT molecular complexity index is 917. The predicted octanol–water partition coefficient (Wildman–Crippen LogP) is 5.65. The molecular formula is C27H38N2O3S. The van der Waals surface area contributed by atoms with Crippen molar-refractivity contribution in [1.29, 1.82) is 0 Å². The summed E-state index contributed by atoms with van der Waals surface area (Å²) in [6, 6.07) is 8.21. The van der Waals surface area contributed by atoms with Gasteiger partial charge in [0.15, 0.2) is 0 Å². The van der Waals surface area contributed by atoms with Gasteiger partial charge in [-0.05, 0) is 112 Å². The zero-order valence-corrected chi connectivity index (χ0v) is 20.7. The number of pyridine rings is 1. The van der Waals surface area contributed by atoms with E-state index in [9.17, 15) is 9.90 Å². The van der Waals surface area contributed by atoms with Gasteiger partial charge in [-0.15, -0.1) is 0 Å². The Morgan fingerprint density at radius 3 is 2.85 bits per heavy atom. The van der Waals surface area contributed by atoms with Crippen LogP contribution in [0.3, 0.4) is 0 Å². The quantitative estimate of drug-likeness (QED) is 0.382. The van der Waals surface area contributed by atoms with Gasteiger partial charge >= 0.3 is 5.97 Å². The topological polar surface area (TPSA) is 62.7 Å². The van der Waals surface area contributed by atoms with Crippen LogP contribution in [0.5, 0.6) is 5.75 Å². The molecule has 0 amide bonds. The van der Waals surface area contributed by atoms with Crippen LogP contribution in [0.25, 0.3) is 10.9 Å². The van der Waals surface area contributed by atoms with Crippen molar-refractivity contribution in [3.8, 4) is 5.75 Å². The summed E-state index contributed by atoms with van der Waals surface area (Å²) in [5.41, 5.74) is 2.34. The Hall–Kier alpha value is -1.79. The maximum absolute atomic E-state index is 11.3. The lowest BCUT2D eigenvalue weighted by molar-refractivity contribution is -0.137. The molecule has 0 spiro atoms. The van der Waals surface area contributed by atoms with Gasteiger partial charge < -0.3 is 14.7 Å². The summed E-state index contributed by atoms with van der Waals surface area (Å²) in [7, 11) is 1.70. The van der Waals surface area contributed by atoms with E-state index in [0.717, 1.165) is 48.9 Å². The Kier molecular flexibility index (Phi) is 8.90. The van der Waals surface area contributed by atoms with Crippen LogP contribution in [0.4, 0.5) is 0 Å². The predicted molar refractivity (Wildman–Crippen MR) is 136 cm³/mol. The van der Waals surface area contributed by atoms with Gasteiger partial charge in [0.05, 0.1) is 12.6 Å². The number of methoxy groups -OCH3 is 1. The molecule has 2 heterocycles. The van der Waals surface area contributed by atoms with E-state index >= 15 is 0 Å². The molecule has 1 aromatic heterocycles. The second-order valence-corrected chi connectivity index (χ2v) is 11.1. The van der Waals surface area contributed by atoms with Gasteiger partial charge in [0.1, 0.15) is 5.75 Å². The van der Waals surface area contributed by atoms with Crippen molar-refractivity contribution >= 4 is 28.6 Å². The van der Waals surface area contributed by atoms with Gasteiger partial charge in [-0.2, -0.15) is 11.8 Å². The number of piperidine rings is 1. The number of aliphatic carboxylic acids is 1. The normalized spacial score (nSPS) is 21.4. The Morgan fingerprint density at radius 1 is 1.18 bits per heavy atom. The van der Waals surface area contributed by atoms with Gasteiger partial charge in [0, 0.05) is 29.8 Å². The molecule has 5 nitrogen and oxygen atoms in total. The summed E-state index contributed by atoms with van der Waals surface area (Å²) in [5, 5.41) is 11.4. The second kappa shape index (κ2) is 12.1. The molecule has 180 valence electrons. The highest BCUT2D eigenvalue weighted by molar-refractivity contribution is 8.00. The lowest BCUT2D eigenvalue weighted by Gasteiger charge is -2.39. The molecule has 2 aromatic rings. The molecule has 1 saturated carbocycles. The summed E-state index contributed by atoms with van der Waals surface area (Å²) >= 11 is 2.14. The van der Waals surface area contributed by atoms with Crippen molar-refractivity contribution in [2.45, 2.75) is 63.0 Å². The molecule has 0 bridgehead atoms. The lowest BCUT2D eigenvalue weighted by atomic mass is 9.79. The van der Waals surface area contributed by atoms with Gasteiger partial charge in [-0.3, -0.25) is 9.78 Å². The number of nitrogens with zero attached hydrogens (tertiary/aromatic N) is 2. The maximum Gasteiger partial charge on any atom is 0.303 e. The van der Waals surface area contributed by atoms with Crippen LogP contribution < -0.4 is 4.74 Å².